The van der Waals surface area contributed by atoms with Crippen molar-refractivity contribution in [1.82, 2.24) is 9.88 Å². The summed E-state index contributed by atoms with van der Waals surface area (Å²) in [5, 5.41) is 0. The molecule has 0 saturated heterocycles. The summed E-state index contributed by atoms with van der Waals surface area (Å²) in [5.41, 5.74) is -0.678. The minimum atomic E-state index is -4.46. The fourth-order valence-corrected chi connectivity index (χ4v) is 1.29. The van der Waals surface area contributed by atoms with Crippen LogP contribution in [0.4, 0.5) is 13.2 Å². The number of hydrogen-bond donors (Lipinski definition) is 1. The van der Waals surface area contributed by atoms with E-state index in [0.717, 1.165) is 0 Å². The lowest BCUT2D eigenvalue weighted by Gasteiger charge is -2.21. The molecule has 0 radical (unpaired) electrons. The topological polar surface area (TPSA) is 53.2 Å². The van der Waals surface area contributed by atoms with E-state index < -0.39 is 24.2 Å². The van der Waals surface area contributed by atoms with Gasteiger partial charge in [-0.15, -0.1) is 0 Å². The van der Waals surface area contributed by atoms with E-state index >= 15 is 0 Å². The summed E-state index contributed by atoms with van der Waals surface area (Å²) < 4.78 is 36.5. The molecule has 94 valence electrons. The molecule has 1 rings (SSSR count). The first-order valence-electron chi connectivity index (χ1n) is 4.89. The predicted octanol–water partition coefficient (Wildman–Crippen LogP) is 1.40. The van der Waals surface area contributed by atoms with Crippen LogP contribution in [0.1, 0.15) is 17.4 Å². The maximum atomic E-state index is 12.2. The molecule has 0 aliphatic heterocycles. The lowest BCUT2D eigenvalue weighted by molar-refractivity contribution is -0.140. The van der Waals surface area contributed by atoms with Crippen LogP contribution in [-0.2, 0) is 0 Å². The van der Waals surface area contributed by atoms with Crippen molar-refractivity contribution in [2.75, 3.05) is 13.1 Å². The quantitative estimate of drug-likeness (QED) is 0.879. The first-order chi connectivity index (χ1) is 7.83. The zero-order chi connectivity index (χ0) is 13.1. The first kappa shape index (κ1) is 13.3. The van der Waals surface area contributed by atoms with Crippen LogP contribution in [0.5, 0.6) is 0 Å². The summed E-state index contributed by atoms with van der Waals surface area (Å²) >= 11 is 0. The lowest BCUT2D eigenvalue weighted by Crippen LogP contribution is -2.39. The van der Waals surface area contributed by atoms with Crippen molar-refractivity contribution in [3.63, 3.8) is 0 Å². The van der Waals surface area contributed by atoms with Crippen LogP contribution >= 0.6 is 0 Å². The number of H-pyrrole nitrogens is 1. The number of aromatic amines is 1. The van der Waals surface area contributed by atoms with Gasteiger partial charge in [-0.25, -0.2) is 0 Å². The Kier molecular flexibility index (Phi) is 3.93. The van der Waals surface area contributed by atoms with E-state index in [1.807, 2.05) is 0 Å². The highest BCUT2D eigenvalue weighted by Crippen LogP contribution is 2.17. The molecule has 7 heteroatoms. The highest BCUT2D eigenvalue weighted by molar-refractivity contribution is 5.92. The Morgan fingerprint density at radius 2 is 2.06 bits per heavy atom. The average Bonchev–Trinajstić information content (AvgIpc) is 2.23. The van der Waals surface area contributed by atoms with Gasteiger partial charge in [-0.3, -0.25) is 9.59 Å². The average molecular weight is 248 g/mol. The Morgan fingerprint density at radius 1 is 1.41 bits per heavy atom. The monoisotopic (exact) mass is 248 g/mol. The molecule has 1 aromatic rings. The summed E-state index contributed by atoms with van der Waals surface area (Å²) in [6.45, 7) is 0.0131. The molecule has 0 bridgehead atoms. The Bertz CT molecular complexity index is 453. The van der Waals surface area contributed by atoms with E-state index in [4.69, 9.17) is 0 Å². The van der Waals surface area contributed by atoms with Crippen molar-refractivity contribution in [2.24, 2.45) is 0 Å². The van der Waals surface area contributed by atoms with Crippen LogP contribution in [0.3, 0.4) is 0 Å². The van der Waals surface area contributed by atoms with Crippen molar-refractivity contribution in [3.05, 3.63) is 34.2 Å². The number of nitrogens with one attached hydrogen (secondary N) is 1. The van der Waals surface area contributed by atoms with Crippen molar-refractivity contribution >= 4 is 5.91 Å². The molecular formula is C10H11F3N2O2. The zero-order valence-corrected chi connectivity index (χ0v) is 9.04. The van der Waals surface area contributed by atoms with E-state index in [0.29, 0.717) is 4.90 Å². The number of carbonyl (C=O) groups is 1. The van der Waals surface area contributed by atoms with E-state index in [9.17, 15) is 22.8 Å². The molecule has 0 atom stereocenters. The standard InChI is InChI=1S/C10H11F3N2O2/c1-2-15(6-10(11,12)13)9(17)7-4-3-5-8(16)14-7/h3-5H,2,6H2,1H3,(H,14,16). The summed E-state index contributed by atoms with van der Waals surface area (Å²) in [5.74, 6) is -0.845. The van der Waals surface area contributed by atoms with E-state index in [1.54, 1.807) is 0 Å². The zero-order valence-electron chi connectivity index (χ0n) is 9.04. The van der Waals surface area contributed by atoms with Gasteiger partial charge in [0.1, 0.15) is 12.2 Å². The van der Waals surface area contributed by atoms with Gasteiger partial charge < -0.3 is 9.88 Å². The van der Waals surface area contributed by atoms with E-state index in [-0.39, 0.29) is 12.2 Å². The third-order valence-electron chi connectivity index (χ3n) is 2.04. The Hall–Kier alpha value is -1.79. The molecule has 1 heterocycles. The van der Waals surface area contributed by atoms with Crippen LogP contribution in [0, 0.1) is 0 Å². The van der Waals surface area contributed by atoms with Crippen LogP contribution in [-0.4, -0.2) is 35.1 Å². The summed E-state index contributed by atoms with van der Waals surface area (Å²) in [7, 11) is 0. The van der Waals surface area contributed by atoms with Gasteiger partial charge in [0.2, 0.25) is 5.56 Å². The Morgan fingerprint density at radius 3 is 2.53 bits per heavy atom. The second-order valence-electron chi connectivity index (χ2n) is 3.36. The second-order valence-corrected chi connectivity index (χ2v) is 3.36. The van der Waals surface area contributed by atoms with Gasteiger partial charge in [0.05, 0.1) is 0 Å². The highest BCUT2D eigenvalue weighted by Gasteiger charge is 2.32. The normalized spacial score (nSPS) is 11.3. The van der Waals surface area contributed by atoms with Crippen molar-refractivity contribution in [1.29, 1.82) is 0 Å². The molecule has 4 nitrogen and oxygen atoms in total. The van der Waals surface area contributed by atoms with Gasteiger partial charge in [0, 0.05) is 12.6 Å². The van der Waals surface area contributed by atoms with Gasteiger partial charge >= 0.3 is 6.18 Å². The smallest absolute Gasteiger partial charge is 0.329 e. The number of hydrogen-bond acceptors (Lipinski definition) is 2. The maximum absolute atomic E-state index is 12.2. The number of amides is 1. The van der Waals surface area contributed by atoms with Gasteiger partial charge in [0.25, 0.3) is 5.91 Å². The lowest BCUT2D eigenvalue weighted by atomic mass is 10.3. The molecule has 1 aromatic heterocycles. The molecule has 17 heavy (non-hydrogen) atoms. The molecule has 0 fully saturated rings. The number of rotatable bonds is 3. The number of nitrogens with zero attached hydrogens (tertiary/aromatic N) is 1. The Balaban J connectivity index is 2.90. The van der Waals surface area contributed by atoms with Crippen LogP contribution in [0.2, 0.25) is 0 Å². The molecule has 1 N–H and O–H groups in total. The van der Waals surface area contributed by atoms with Crippen molar-refractivity contribution in [2.45, 2.75) is 13.1 Å². The number of alkyl halides is 3. The molecule has 0 aromatic carbocycles. The SMILES string of the molecule is CCN(CC(F)(F)F)C(=O)c1cccc(=O)[nH]1. The number of aromatic nitrogens is 1. The predicted molar refractivity (Wildman–Crippen MR) is 54.7 cm³/mol. The molecule has 0 saturated carbocycles. The van der Waals surface area contributed by atoms with E-state index in [1.165, 1.54) is 25.1 Å². The molecule has 1 amide bonds. The molecule has 0 aliphatic rings. The van der Waals surface area contributed by atoms with Crippen LogP contribution in [0.25, 0.3) is 0 Å². The summed E-state index contributed by atoms with van der Waals surface area (Å²) in [6, 6.07) is 3.76. The maximum Gasteiger partial charge on any atom is 0.406 e. The van der Waals surface area contributed by atoms with E-state index in [2.05, 4.69) is 4.98 Å². The second kappa shape index (κ2) is 5.03. The van der Waals surface area contributed by atoms with Gasteiger partial charge in [0.15, 0.2) is 0 Å². The van der Waals surface area contributed by atoms with Crippen LogP contribution < -0.4 is 5.56 Å². The third-order valence-corrected chi connectivity index (χ3v) is 2.04. The summed E-state index contributed by atoms with van der Waals surface area (Å²) in [4.78, 5) is 25.4. The fourth-order valence-electron chi connectivity index (χ4n) is 1.29. The largest absolute Gasteiger partial charge is 0.406 e. The molecule has 0 unspecified atom stereocenters. The van der Waals surface area contributed by atoms with Crippen molar-refractivity contribution in [3.8, 4) is 0 Å². The van der Waals surface area contributed by atoms with Gasteiger partial charge in [-0.05, 0) is 13.0 Å². The minimum Gasteiger partial charge on any atom is -0.329 e. The number of carbonyl (C=O) groups excluding carboxylic acids is 1. The van der Waals surface area contributed by atoms with Crippen LogP contribution in [0.15, 0.2) is 23.0 Å². The molecule has 0 aliphatic carbocycles. The van der Waals surface area contributed by atoms with Gasteiger partial charge in [-0.2, -0.15) is 13.2 Å². The molecular weight excluding hydrogens is 237 g/mol. The fraction of sp³-hybridized carbons (Fsp3) is 0.400. The third kappa shape index (κ3) is 3.93. The number of pyridine rings is 1. The first-order valence-corrected chi connectivity index (χ1v) is 4.89. The van der Waals surface area contributed by atoms with Gasteiger partial charge in [-0.1, -0.05) is 6.07 Å². The minimum absolute atomic E-state index is 0.0880. The Labute approximate surface area is 95.1 Å². The molecule has 0 spiro atoms. The summed E-state index contributed by atoms with van der Waals surface area (Å²) in [6.07, 6.45) is -4.46. The van der Waals surface area contributed by atoms with Crippen molar-refractivity contribution < 1.29 is 18.0 Å². The number of halogens is 3. The highest BCUT2D eigenvalue weighted by atomic mass is 19.4.